The highest BCUT2D eigenvalue weighted by molar-refractivity contribution is 6.46. The molecule has 1 aliphatic heterocycles. The average molecular weight is 414 g/mol. The van der Waals surface area contributed by atoms with Gasteiger partial charge in [0.05, 0.1) is 11.6 Å². The van der Waals surface area contributed by atoms with Crippen LogP contribution in [0.5, 0.6) is 0 Å². The van der Waals surface area contributed by atoms with Gasteiger partial charge in [0.1, 0.15) is 11.6 Å². The molecular formula is C23H21ClFNO3. The Morgan fingerprint density at radius 1 is 1.00 bits per heavy atom. The zero-order valence-corrected chi connectivity index (χ0v) is 16.5. The van der Waals surface area contributed by atoms with E-state index in [1.54, 1.807) is 42.5 Å². The summed E-state index contributed by atoms with van der Waals surface area (Å²) in [5.74, 6) is -2.29. The second kappa shape index (κ2) is 7.99. The number of halogens is 2. The largest absolute Gasteiger partial charge is 0.507 e. The fourth-order valence-electron chi connectivity index (χ4n) is 4.35. The van der Waals surface area contributed by atoms with Gasteiger partial charge in [-0.25, -0.2) is 4.39 Å². The predicted molar refractivity (Wildman–Crippen MR) is 109 cm³/mol. The maximum atomic E-state index is 14.8. The molecular weight excluding hydrogens is 393 g/mol. The Labute approximate surface area is 173 Å². The van der Waals surface area contributed by atoms with E-state index in [9.17, 15) is 19.1 Å². The Hall–Kier alpha value is -2.66. The molecule has 2 aromatic rings. The standard InChI is InChI=1S/C23H21ClFNO3/c24-15-12-10-14(11-13-15)21(27)19-20(17-8-4-5-9-18(17)25)26(23(29)22(19)28)16-6-2-1-3-7-16/h4-5,8-13,16,20,27H,1-3,6-7H2/b21-19-. The summed E-state index contributed by atoms with van der Waals surface area (Å²) < 4.78 is 14.8. The van der Waals surface area contributed by atoms with Gasteiger partial charge in [-0.3, -0.25) is 9.59 Å². The van der Waals surface area contributed by atoms with Crippen molar-refractivity contribution >= 4 is 29.1 Å². The first-order valence-corrected chi connectivity index (χ1v) is 10.2. The van der Waals surface area contributed by atoms with Crippen molar-refractivity contribution < 1.29 is 19.1 Å². The van der Waals surface area contributed by atoms with Crippen molar-refractivity contribution in [3.8, 4) is 0 Å². The van der Waals surface area contributed by atoms with E-state index in [-0.39, 0.29) is 22.9 Å². The van der Waals surface area contributed by atoms with Crippen molar-refractivity contribution in [2.24, 2.45) is 0 Å². The molecule has 1 N–H and O–H groups in total. The average Bonchev–Trinajstić information content (AvgIpc) is 3.00. The van der Waals surface area contributed by atoms with Gasteiger partial charge in [0.25, 0.3) is 11.7 Å². The molecule has 0 aromatic heterocycles. The number of nitrogens with zero attached hydrogens (tertiary/aromatic N) is 1. The first kappa shape index (κ1) is 19.6. The molecule has 1 aliphatic carbocycles. The zero-order chi connectivity index (χ0) is 20.5. The molecule has 2 aromatic carbocycles. The van der Waals surface area contributed by atoms with Crippen molar-refractivity contribution in [2.75, 3.05) is 0 Å². The third-order valence-corrected chi connectivity index (χ3v) is 6.02. The summed E-state index contributed by atoms with van der Waals surface area (Å²) in [5, 5.41) is 11.4. The number of carbonyl (C=O) groups excluding carboxylic acids is 2. The second-order valence-electron chi connectivity index (χ2n) is 7.53. The van der Waals surface area contributed by atoms with Crippen LogP contribution in [0, 0.1) is 5.82 Å². The number of amides is 1. The van der Waals surface area contributed by atoms with E-state index in [1.165, 1.54) is 11.0 Å². The highest BCUT2D eigenvalue weighted by Gasteiger charge is 2.49. The normalized spacial score (nSPS) is 22.3. The van der Waals surface area contributed by atoms with E-state index in [1.807, 2.05) is 0 Å². The number of benzene rings is 2. The zero-order valence-electron chi connectivity index (χ0n) is 15.8. The topological polar surface area (TPSA) is 57.6 Å². The smallest absolute Gasteiger partial charge is 0.295 e. The van der Waals surface area contributed by atoms with Gasteiger partial charge in [-0.15, -0.1) is 0 Å². The summed E-state index contributed by atoms with van der Waals surface area (Å²) in [6, 6.07) is 11.3. The monoisotopic (exact) mass is 413 g/mol. The number of hydrogen-bond acceptors (Lipinski definition) is 3. The van der Waals surface area contributed by atoms with Gasteiger partial charge in [0.15, 0.2) is 0 Å². The Morgan fingerprint density at radius 3 is 2.31 bits per heavy atom. The number of Topliss-reactive ketones (excluding diaryl/α,β-unsaturated/α-hetero) is 1. The van der Waals surface area contributed by atoms with Crippen molar-refractivity contribution in [3.05, 3.63) is 76.1 Å². The molecule has 0 spiro atoms. The van der Waals surface area contributed by atoms with Crippen LogP contribution in [-0.4, -0.2) is 27.7 Å². The van der Waals surface area contributed by atoms with Gasteiger partial charge in [-0.1, -0.05) is 49.1 Å². The van der Waals surface area contributed by atoms with E-state index in [0.29, 0.717) is 10.6 Å². The number of aliphatic hydroxyl groups excluding tert-OH is 1. The van der Waals surface area contributed by atoms with E-state index < -0.39 is 23.5 Å². The molecule has 1 saturated heterocycles. The number of likely N-dealkylation sites (tertiary alicyclic amines) is 1. The number of rotatable bonds is 3. The lowest BCUT2D eigenvalue weighted by Gasteiger charge is -2.35. The fraction of sp³-hybridized carbons (Fsp3) is 0.304. The van der Waals surface area contributed by atoms with Crippen LogP contribution in [0.15, 0.2) is 54.1 Å². The van der Waals surface area contributed by atoms with Gasteiger partial charge in [0, 0.05) is 22.2 Å². The van der Waals surface area contributed by atoms with Crippen LogP contribution in [0.1, 0.15) is 49.3 Å². The molecule has 1 atom stereocenters. The first-order valence-electron chi connectivity index (χ1n) is 9.79. The SMILES string of the molecule is O=C1C(=O)N(C2CCCCC2)C(c2ccccc2F)/C1=C(/O)c1ccc(Cl)cc1. The second-order valence-corrected chi connectivity index (χ2v) is 7.96. The lowest BCUT2D eigenvalue weighted by molar-refractivity contribution is -0.141. The van der Waals surface area contributed by atoms with Gasteiger partial charge >= 0.3 is 0 Å². The van der Waals surface area contributed by atoms with Crippen LogP contribution in [0.2, 0.25) is 5.02 Å². The van der Waals surface area contributed by atoms with Crippen LogP contribution in [0.3, 0.4) is 0 Å². The summed E-state index contributed by atoms with van der Waals surface area (Å²) >= 11 is 5.92. The molecule has 1 amide bonds. The minimum absolute atomic E-state index is 0.0759. The third kappa shape index (κ3) is 3.55. The van der Waals surface area contributed by atoms with E-state index in [0.717, 1.165) is 32.1 Å². The Bertz CT molecular complexity index is 980. The first-order chi connectivity index (χ1) is 14.0. The number of aliphatic hydroxyl groups is 1. The minimum atomic E-state index is -0.949. The Morgan fingerprint density at radius 2 is 1.66 bits per heavy atom. The fourth-order valence-corrected chi connectivity index (χ4v) is 4.48. The van der Waals surface area contributed by atoms with Gasteiger partial charge < -0.3 is 10.0 Å². The van der Waals surface area contributed by atoms with Gasteiger partial charge in [-0.2, -0.15) is 0 Å². The van der Waals surface area contributed by atoms with Crippen molar-refractivity contribution in [1.82, 2.24) is 4.90 Å². The third-order valence-electron chi connectivity index (χ3n) is 5.77. The van der Waals surface area contributed by atoms with Crippen LogP contribution in [-0.2, 0) is 9.59 Å². The lowest BCUT2D eigenvalue weighted by atomic mass is 9.90. The van der Waals surface area contributed by atoms with Gasteiger partial charge in [-0.05, 0) is 43.2 Å². The van der Waals surface area contributed by atoms with Crippen molar-refractivity contribution in [3.63, 3.8) is 0 Å². The molecule has 1 unspecified atom stereocenters. The van der Waals surface area contributed by atoms with E-state index in [4.69, 9.17) is 11.6 Å². The highest BCUT2D eigenvalue weighted by Crippen LogP contribution is 2.43. The number of ketones is 1. The minimum Gasteiger partial charge on any atom is -0.507 e. The molecule has 6 heteroatoms. The molecule has 0 radical (unpaired) electrons. The molecule has 150 valence electrons. The number of carbonyl (C=O) groups is 2. The quantitative estimate of drug-likeness (QED) is 0.425. The molecule has 29 heavy (non-hydrogen) atoms. The molecule has 1 heterocycles. The van der Waals surface area contributed by atoms with Crippen LogP contribution < -0.4 is 0 Å². The van der Waals surface area contributed by atoms with E-state index in [2.05, 4.69) is 0 Å². The van der Waals surface area contributed by atoms with Crippen LogP contribution in [0.4, 0.5) is 4.39 Å². The van der Waals surface area contributed by atoms with Crippen LogP contribution >= 0.6 is 11.6 Å². The summed E-state index contributed by atoms with van der Waals surface area (Å²) in [6.07, 6.45) is 4.51. The summed E-state index contributed by atoms with van der Waals surface area (Å²) in [6.45, 7) is 0. The molecule has 2 aliphatic rings. The Kier molecular flexibility index (Phi) is 5.41. The highest BCUT2D eigenvalue weighted by atomic mass is 35.5. The molecule has 0 bridgehead atoms. The predicted octanol–water partition coefficient (Wildman–Crippen LogP) is 5.23. The molecule has 2 fully saturated rings. The summed E-state index contributed by atoms with van der Waals surface area (Å²) in [5.41, 5.74) is 0.498. The van der Waals surface area contributed by atoms with Crippen molar-refractivity contribution in [2.45, 2.75) is 44.2 Å². The molecule has 1 saturated carbocycles. The maximum Gasteiger partial charge on any atom is 0.295 e. The summed E-state index contributed by atoms with van der Waals surface area (Å²) in [7, 11) is 0. The van der Waals surface area contributed by atoms with E-state index >= 15 is 0 Å². The van der Waals surface area contributed by atoms with Crippen molar-refractivity contribution in [1.29, 1.82) is 0 Å². The van der Waals surface area contributed by atoms with Crippen LogP contribution in [0.25, 0.3) is 5.76 Å². The number of hydrogen-bond donors (Lipinski definition) is 1. The molecule has 4 rings (SSSR count). The van der Waals surface area contributed by atoms with Gasteiger partial charge in [0.2, 0.25) is 0 Å². The maximum absolute atomic E-state index is 14.8. The summed E-state index contributed by atoms with van der Waals surface area (Å²) in [4.78, 5) is 27.5. The lowest BCUT2D eigenvalue weighted by Crippen LogP contribution is -2.40. The Balaban J connectivity index is 1.89. The molecule has 4 nitrogen and oxygen atoms in total.